The van der Waals surface area contributed by atoms with E-state index in [-0.39, 0.29) is 46.8 Å². The Morgan fingerprint density at radius 2 is 2.03 bits per heavy atom. The second kappa shape index (κ2) is 10.1. The zero-order chi connectivity index (χ0) is 24.7. The number of aliphatic hydroxyl groups is 1. The minimum atomic E-state index is -0.547. The molecule has 4 aliphatic rings. The summed E-state index contributed by atoms with van der Waals surface area (Å²) in [5.74, 6) is 0.141. The summed E-state index contributed by atoms with van der Waals surface area (Å²) in [7, 11) is 0. The predicted molar refractivity (Wildman–Crippen MR) is 134 cm³/mol. The van der Waals surface area contributed by atoms with Gasteiger partial charge in [0.05, 0.1) is 38.1 Å². The number of nitrogens with zero attached hydrogens (tertiary/aromatic N) is 1. The van der Waals surface area contributed by atoms with Gasteiger partial charge in [0.25, 0.3) is 0 Å². The Kier molecular flexibility index (Phi) is 7.23. The number of morpholine rings is 1. The molecule has 0 aromatic carbocycles. The lowest BCUT2D eigenvalue weighted by molar-refractivity contribution is -0.906. The highest BCUT2D eigenvalue weighted by Crippen LogP contribution is 2.57. The fraction of sp³-hybridized carbons (Fsp3) is 0.808. The van der Waals surface area contributed by atoms with E-state index in [4.69, 9.17) is 9.72 Å². The van der Waals surface area contributed by atoms with E-state index in [1.165, 1.54) is 9.78 Å². The van der Waals surface area contributed by atoms with Crippen molar-refractivity contribution in [2.75, 3.05) is 44.7 Å². The van der Waals surface area contributed by atoms with Gasteiger partial charge in [-0.05, 0) is 49.4 Å². The Balaban J connectivity index is 1.22. The minimum absolute atomic E-state index is 0.0253. The van der Waals surface area contributed by atoms with Crippen molar-refractivity contribution in [3.8, 4) is 0 Å². The fourth-order valence-corrected chi connectivity index (χ4v) is 8.05. The number of aliphatic hydroxyl groups excluding tert-OH is 1. The van der Waals surface area contributed by atoms with Crippen LogP contribution in [0.4, 0.5) is 5.13 Å². The van der Waals surface area contributed by atoms with Gasteiger partial charge in [0.1, 0.15) is 13.1 Å². The highest BCUT2D eigenvalue weighted by atomic mass is 32.1. The van der Waals surface area contributed by atoms with Crippen molar-refractivity contribution >= 4 is 28.3 Å². The van der Waals surface area contributed by atoms with Crippen LogP contribution in [-0.2, 0) is 20.7 Å². The van der Waals surface area contributed by atoms with Gasteiger partial charge in [0, 0.05) is 22.6 Å². The van der Waals surface area contributed by atoms with E-state index in [9.17, 15) is 14.7 Å². The van der Waals surface area contributed by atoms with E-state index < -0.39 is 6.10 Å². The van der Waals surface area contributed by atoms with Crippen LogP contribution in [0.25, 0.3) is 0 Å². The molecule has 6 atom stereocenters. The Morgan fingerprint density at radius 3 is 2.74 bits per heavy atom. The van der Waals surface area contributed by atoms with Gasteiger partial charge in [-0.15, -0.1) is 11.3 Å². The fourth-order valence-electron chi connectivity index (χ4n) is 6.78. The van der Waals surface area contributed by atoms with Gasteiger partial charge in [0.15, 0.2) is 5.13 Å². The van der Waals surface area contributed by atoms with Gasteiger partial charge in [0.2, 0.25) is 11.8 Å². The summed E-state index contributed by atoms with van der Waals surface area (Å²) >= 11 is 1.60. The number of quaternary nitrogens is 1. The number of thiazole rings is 1. The number of amides is 2. The van der Waals surface area contributed by atoms with Gasteiger partial charge in [-0.1, -0.05) is 20.8 Å². The number of rotatable bonds is 7. The van der Waals surface area contributed by atoms with Crippen LogP contribution >= 0.6 is 11.3 Å². The molecule has 2 amide bonds. The molecule has 1 saturated heterocycles. The number of anilines is 1. The number of hydrogen-bond donors (Lipinski definition) is 4. The molecule has 2 saturated carbocycles. The molecule has 1 aromatic rings. The lowest BCUT2D eigenvalue weighted by atomic mass is 9.53. The van der Waals surface area contributed by atoms with Gasteiger partial charge < -0.3 is 25.4 Å². The van der Waals surface area contributed by atoms with Crippen molar-refractivity contribution in [3.63, 3.8) is 0 Å². The van der Waals surface area contributed by atoms with E-state index in [1.54, 1.807) is 11.3 Å². The Bertz CT molecular complexity index is 944. The van der Waals surface area contributed by atoms with Crippen LogP contribution in [0.2, 0.25) is 0 Å². The largest absolute Gasteiger partial charge is 0.392 e. The highest BCUT2D eigenvalue weighted by Gasteiger charge is 2.54. The van der Waals surface area contributed by atoms with Crippen LogP contribution < -0.4 is 15.5 Å². The van der Waals surface area contributed by atoms with E-state index in [1.807, 2.05) is 6.92 Å². The molecule has 4 N–H and O–H groups in total. The third kappa shape index (κ3) is 5.15. The summed E-state index contributed by atoms with van der Waals surface area (Å²) in [4.78, 5) is 32.8. The molecule has 35 heavy (non-hydrogen) atoms. The van der Waals surface area contributed by atoms with Crippen LogP contribution in [-0.4, -0.2) is 67.4 Å². The quantitative estimate of drug-likeness (QED) is 0.446. The lowest BCUT2D eigenvalue weighted by Gasteiger charge is -2.53. The molecule has 3 fully saturated rings. The molecule has 194 valence electrons. The number of aromatic nitrogens is 1. The van der Waals surface area contributed by atoms with Crippen molar-refractivity contribution in [2.24, 2.45) is 29.1 Å². The molecule has 0 unspecified atom stereocenters. The molecule has 5 rings (SSSR count). The zero-order valence-corrected chi connectivity index (χ0v) is 22.1. The monoisotopic (exact) mass is 505 g/mol. The van der Waals surface area contributed by atoms with Crippen molar-refractivity contribution in [2.45, 2.75) is 64.9 Å². The maximum absolute atomic E-state index is 13.0. The number of carbonyl (C=O) groups is 2. The predicted octanol–water partition coefficient (Wildman–Crippen LogP) is 1.21. The standard InChI is InChI=1S/C26H40N4O4S/c1-15(23(32)27-8-9-30-10-12-34-13-11-30)18-6-7-26(3)14-19-21(16(2)20(26)22(18)31)28-25(35-19)29-24(33)17-4-5-17/h15-18,20,22,31H,4-14H2,1-3H3,(H,27,32)(H,28,29,33)/p+1/t15-,16-,18-,20+,22-,26-/m0/s1. The lowest BCUT2D eigenvalue weighted by Crippen LogP contribution is -3.14. The molecule has 0 spiro atoms. The molecule has 1 aromatic heterocycles. The van der Waals surface area contributed by atoms with Crippen LogP contribution in [0.15, 0.2) is 0 Å². The Labute approximate surface area is 212 Å². The van der Waals surface area contributed by atoms with Crippen LogP contribution in [0.5, 0.6) is 0 Å². The number of fused-ring (bicyclic) bond motifs is 2. The second-order valence-electron chi connectivity index (χ2n) is 11.6. The summed E-state index contributed by atoms with van der Waals surface area (Å²) in [5, 5.41) is 18.5. The maximum Gasteiger partial charge on any atom is 0.229 e. The number of hydrogen-bond acceptors (Lipinski definition) is 6. The highest BCUT2D eigenvalue weighted by molar-refractivity contribution is 7.15. The molecule has 0 radical (unpaired) electrons. The first-order valence-corrected chi connectivity index (χ1v) is 14.3. The number of ether oxygens (including phenoxy) is 1. The molecule has 1 aliphatic heterocycles. The smallest absolute Gasteiger partial charge is 0.229 e. The number of carbonyl (C=O) groups excluding carboxylic acids is 2. The topological polar surface area (TPSA) is 105 Å². The molecule has 8 nitrogen and oxygen atoms in total. The normalized spacial score (nSPS) is 33.9. The molecular weight excluding hydrogens is 464 g/mol. The van der Waals surface area contributed by atoms with Crippen molar-refractivity contribution in [1.82, 2.24) is 10.3 Å². The molecular formula is C26H41N4O4S+. The summed E-state index contributed by atoms with van der Waals surface area (Å²) in [6.45, 7) is 11.6. The average molecular weight is 506 g/mol. The first-order valence-electron chi connectivity index (χ1n) is 13.4. The SMILES string of the molecule is C[C@H](C(=O)NCC[NH+]1CCOCC1)[C@@H]1CC[C@@]2(C)Cc3sc(NC(=O)C4CC4)nc3[C@@H](C)[C@@H]2[C@H]1O. The van der Waals surface area contributed by atoms with Crippen LogP contribution in [0.3, 0.4) is 0 Å². The molecule has 2 heterocycles. The van der Waals surface area contributed by atoms with E-state index >= 15 is 0 Å². The zero-order valence-electron chi connectivity index (χ0n) is 21.3. The van der Waals surface area contributed by atoms with Crippen molar-refractivity contribution in [1.29, 1.82) is 0 Å². The van der Waals surface area contributed by atoms with E-state index in [0.717, 1.165) is 70.6 Å². The van der Waals surface area contributed by atoms with Gasteiger partial charge in [-0.2, -0.15) is 0 Å². The Hall–Kier alpha value is -1.55. The minimum Gasteiger partial charge on any atom is -0.392 e. The molecule has 0 bridgehead atoms. The molecule has 3 aliphatic carbocycles. The first-order chi connectivity index (χ1) is 16.8. The van der Waals surface area contributed by atoms with Gasteiger partial charge in [-0.3, -0.25) is 9.59 Å². The summed E-state index contributed by atoms with van der Waals surface area (Å²) in [6, 6.07) is 0. The second-order valence-corrected chi connectivity index (χ2v) is 12.7. The first kappa shape index (κ1) is 25.1. The average Bonchev–Trinajstić information content (AvgIpc) is 3.61. The van der Waals surface area contributed by atoms with E-state index in [0.29, 0.717) is 11.7 Å². The maximum atomic E-state index is 13.0. The Morgan fingerprint density at radius 1 is 1.29 bits per heavy atom. The summed E-state index contributed by atoms with van der Waals surface area (Å²) in [5.41, 5.74) is 0.997. The number of nitrogens with one attached hydrogen (secondary N) is 3. The third-order valence-electron chi connectivity index (χ3n) is 9.13. The van der Waals surface area contributed by atoms with Gasteiger partial charge in [-0.25, -0.2) is 4.98 Å². The third-order valence-corrected chi connectivity index (χ3v) is 10.1. The summed E-state index contributed by atoms with van der Waals surface area (Å²) in [6.07, 6.45) is 4.11. The molecule has 9 heteroatoms. The van der Waals surface area contributed by atoms with Gasteiger partial charge >= 0.3 is 0 Å². The summed E-state index contributed by atoms with van der Waals surface area (Å²) < 4.78 is 5.41. The van der Waals surface area contributed by atoms with E-state index in [2.05, 4.69) is 24.5 Å². The van der Waals surface area contributed by atoms with Crippen LogP contribution in [0, 0.1) is 29.1 Å². The van der Waals surface area contributed by atoms with Crippen LogP contribution in [0.1, 0.15) is 62.9 Å². The van der Waals surface area contributed by atoms with Crippen molar-refractivity contribution < 1.29 is 24.3 Å². The van der Waals surface area contributed by atoms with Crippen molar-refractivity contribution in [3.05, 3.63) is 10.6 Å².